The number of rotatable bonds is 6. The van der Waals surface area contributed by atoms with Gasteiger partial charge >= 0.3 is 6.09 Å². The van der Waals surface area contributed by atoms with Crippen LogP contribution in [0.4, 0.5) is 4.79 Å². The fraction of sp³-hybridized carbons (Fsp3) is 0.815. The molecular formula is C27H50N2O6Si2. The van der Waals surface area contributed by atoms with Crippen LogP contribution in [0.3, 0.4) is 0 Å². The third kappa shape index (κ3) is 8.58. The maximum absolute atomic E-state index is 13.0. The predicted molar refractivity (Wildman–Crippen MR) is 153 cm³/mol. The first-order valence-electron chi connectivity index (χ1n) is 13.3. The number of amidine groups is 1. The number of hydrogen-bond acceptors (Lipinski definition) is 6. The Hall–Kier alpha value is -1.34. The number of nitrogens with zero attached hydrogens (tertiary/aromatic N) is 1. The predicted octanol–water partition coefficient (Wildman–Crippen LogP) is 6.19. The average Bonchev–Trinajstić information content (AvgIpc) is 3.04. The van der Waals surface area contributed by atoms with Gasteiger partial charge in [-0.3, -0.25) is 4.79 Å². The van der Waals surface area contributed by atoms with E-state index < -0.39 is 34.2 Å². The molecule has 0 aliphatic carbocycles. The van der Waals surface area contributed by atoms with Crippen LogP contribution < -0.4 is 5.32 Å². The van der Waals surface area contributed by atoms with Crippen LogP contribution in [-0.2, 0) is 23.1 Å². The van der Waals surface area contributed by atoms with Gasteiger partial charge in [0.15, 0.2) is 16.6 Å². The van der Waals surface area contributed by atoms with Crippen LogP contribution >= 0.6 is 0 Å². The summed E-state index contributed by atoms with van der Waals surface area (Å²) in [6.45, 7) is 28.0. The molecule has 2 heterocycles. The van der Waals surface area contributed by atoms with Crippen molar-refractivity contribution >= 4 is 34.5 Å². The molecule has 4 atom stereocenters. The van der Waals surface area contributed by atoms with Gasteiger partial charge in [-0.1, -0.05) is 47.6 Å². The van der Waals surface area contributed by atoms with E-state index in [1.165, 1.54) is 0 Å². The second kappa shape index (κ2) is 11.0. The van der Waals surface area contributed by atoms with Gasteiger partial charge in [-0.15, -0.1) is 0 Å². The van der Waals surface area contributed by atoms with Crippen molar-refractivity contribution in [3.05, 3.63) is 12.2 Å². The van der Waals surface area contributed by atoms with E-state index in [0.29, 0.717) is 13.0 Å². The van der Waals surface area contributed by atoms with Crippen LogP contribution in [0.1, 0.15) is 68.7 Å². The molecule has 2 amide bonds. The number of carbonyl (C=O) groups excluding carboxylic acids is 2. The van der Waals surface area contributed by atoms with Gasteiger partial charge in [0.2, 0.25) is 5.91 Å². The van der Waals surface area contributed by atoms with E-state index in [-0.39, 0.29) is 40.1 Å². The zero-order chi connectivity index (χ0) is 28.6. The Balaban J connectivity index is 2.22. The van der Waals surface area contributed by atoms with Crippen molar-refractivity contribution in [2.24, 2.45) is 10.9 Å². The summed E-state index contributed by atoms with van der Waals surface area (Å²) in [5.74, 6) is -0.604. The summed E-state index contributed by atoms with van der Waals surface area (Å²) in [7, 11) is -4.07. The molecule has 212 valence electrons. The van der Waals surface area contributed by atoms with E-state index in [9.17, 15) is 9.59 Å². The molecule has 8 nitrogen and oxygen atoms in total. The van der Waals surface area contributed by atoms with Gasteiger partial charge in [0.05, 0.1) is 24.7 Å². The van der Waals surface area contributed by atoms with Crippen molar-refractivity contribution < 1.29 is 27.9 Å². The summed E-state index contributed by atoms with van der Waals surface area (Å²) in [5, 5.41) is 2.85. The van der Waals surface area contributed by atoms with E-state index in [0.717, 1.165) is 0 Å². The Labute approximate surface area is 226 Å². The first-order valence-corrected chi connectivity index (χ1v) is 19.1. The molecule has 1 N–H and O–H groups in total. The van der Waals surface area contributed by atoms with Gasteiger partial charge in [0, 0.05) is 6.42 Å². The zero-order valence-corrected chi connectivity index (χ0v) is 27.3. The number of nitrogens with one attached hydrogen (secondary N) is 1. The monoisotopic (exact) mass is 554 g/mol. The van der Waals surface area contributed by atoms with Gasteiger partial charge in [0.25, 0.3) is 0 Å². The lowest BCUT2D eigenvalue weighted by Gasteiger charge is -2.40. The van der Waals surface area contributed by atoms with Crippen molar-refractivity contribution in [1.82, 2.24) is 5.32 Å². The topological polar surface area (TPSA) is 95.5 Å². The fourth-order valence-electron chi connectivity index (χ4n) is 3.59. The fourth-order valence-corrected chi connectivity index (χ4v) is 5.96. The zero-order valence-electron chi connectivity index (χ0n) is 25.3. The third-order valence-corrected chi connectivity index (χ3v) is 16.9. The Bertz CT molecular complexity index is 909. The SMILES string of the molecule is CC(C)(C)OC(=O)N=C1C=CC([C@@H]2CC(O[Si](C)(C)C(C)(C)C)[C@@H](CO[Si](C)(C)C(C)(C)C)O2)C(=O)N1. The van der Waals surface area contributed by atoms with Crippen LogP contribution in [0.15, 0.2) is 17.1 Å². The van der Waals surface area contributed by atoms with Gasteiger partial charge in [0.1, 0.15) is 17.5 Å². The molecule has 0 saturated carbocycles. The van der Waals surface area contributed by atoms with Gasteiger partial charge in [-0.2, -0.15) is 4.99 Å². The van der Waals surface area contributed by atoms with Gasteiger partial charge in [-0.05, 0) is 63.1 Å². The van der Waals surface area contributed by atoms with Crippen LogP contribution in [0.5, 0.6) is 0 Å². The van der Waals surface area contributed by atoms with Crippen molar-refractivity contribution in [1.29, 1.82) is 0 Å². The molecular weight excluding hydrogens is 504 g/mol. The smallest absolute Gasteiger partial charge is 0.436 e. The molecule has 37 heavy (non-hydrogen) atoms. The Kier molecular flexibility index (Phi) is 9.51. The van der Waals surface area contributed by atoms with E-state index in [4.69, 9.17) is 18.3 Å². The Morgan fingerprint density at radius 2 is 1.59 bits per heavy atom. The second-order valence-corrected chi connectivity index (χ2v) is 23.9. The summed E-state index contributed by atoms with van der Waals surface area (Å²) in [4.78, 5) is 29.0. The Morgan fingerprint density at radius 3 is 2.08 bits per heavy atom. The molecule has 1 saturated heterocycles. The number of hydrogen-bond donors (Lipinski definition) is 1. The maximum atomic E-state index is 13.0. The molecule has 1 fully saturated rings. The molecule has 2 aliphatic heterocycles. The lowest BCUT2D eigenvalue weighted by molar-refractivity contribution is -0.127. The van der Waals surface area contributed by atoms with Crippen LogP contribution in [0, 0.1) is 5.92 Å². The molecule has 2 unspecified atom stereocenters. The minimum absolute atomic E-state index is 0.0467. The third-order valence-electron chi connectivity index (χ3n) is 7.92. The minimum atomic E-state index is -2.08. The molecule has 2 rings (SSSR count). The van der Waals surface area contributed by atoms with Crippen molar-refractivity contribution in [3.8, 4) is 0 Å². The van der Waals surface area contributed by atoms with E-state index >= 15 is 0 Å². The highest BCUT2D eigenvalue weighted by molar-refractivity contribution is 6.74. The number of ether oxygens (including phenoxy) is 2. The first-order chi connectivity index (χ1) is 16.5. The minimum Gasteiger partial charge on any atom is -0.442 e. The first kappa shape index (κ1) is 31.9. The molecule has 0 radical (unpaired) electrons. The lowest BCUT2D eigenvalue weighted by atomic mass is 9.95. The summed E-state index contributed by atoms with van der Waals surface area (Å²) in [6.07, 6.45) is 2.48. The second-order valence-electron chi connectivity index (χ2n) is 14.3. The van der Waals surface area contributed by atoms with Crippen LogP contribution in [0.25, 0.3) is 0 Å². The summed E-state index contributed by atoms with van der Waals surface area (Å²) in [6, 6.07) is 0. The number of amides is 2. The van der Waals surface area contributed by atoms with Crippen molar-refractivity contribution in [2.75, 3.05) is 6.61 Å². The summed E-state index contributed by atoms with van der Waals surface area (Å²) >= 11 is 0. The van der Waals surface area contributed by atoms with Gasteiger partial charge < -0.3 is 23.6 Å². The molecule has 0 aromatic carbocycles. The molecule has 10 heteroatoms. The van der Waals surface area contributed by atoms with Crippen molar-refractivity contribution in [3.63, 3.8) is 0 Å². The quantitative estimate of drug-likeness (QED) is 0.393. The van der Waals surface area contributed by atoms with Crippen molar-refractivity contribution in [2.45, 2.75) is 129 Å². The molecule has 0 aromatic heterocycles. The van der Waals surface area contributed by atoms with E-state index in [1.54, 1.807) is 32.9 Å². The molecule has 2 aliphatic rings. The van der Waals surface area contributed by atoms with Gasteiger partial charge in [-0.25, -0.2) is 4.79 Å². The number of carbonyl (C=O) groups is 2. The Morgan fingerprint density at radius 1 is 1.03 bits per heavy atom. The van der Waals surface area contributed by atoms with E-state index in [1.807, 2.05) is 0 Å². The average molecular weight is 555 g/mol. The highest BCUT2D eigenvalue weighted by atomic mass is 28.4. The largest absolute Gasteiger partial charge is 0.442 e. The maximum Gasteiger partial charge on any atom is 0.436 e. The summed E-state index contributed by atoms with van der Waals surface area (Å²) < 4.78 is 25.0. The standard InChI is InChI=1S/C27H50N2O6Si2/c1-25(2,3)34-24(31)29-22-15-14-18(23(30)28-22)19-16-20(35-37(12,13)27(7,8)9)21(33-19)17-32-36(10,11)26(4,5)6/h14-15,18-21H,16-17H2,1-13H3,(H,28,29,30,31)/t18?,19-,20?,21+/m0/s1. The number of aliphatic imine (C=N–C) groups is 1. The molecule has 0 spiro atoms. The normalized spacial score (nSPS) is 26.9. The van der Waals surface area contributed by atoms with Crippen LogP contribution in [0.2, 0.25) is 36.3 Å². The van der Waals surface area contributed by atoms with Crippen LogP contribution in [-0.4, -0.2) is 65.0 Å². The highest BCUT2D eigenvalue weighted by Crippen LogP contribution is 2.42. The highest BCUT2D eigenvalue weighted by Gasteiger charge is 2.48. The summed E-state index contributed by atoms with van der Waals surface area (Å²) in [5.41, 5.74) is -0.662. The van der Waals surface area contributed by atoms with E-state index in [2.05, 4.69) is 78.0 Å². The lowest BCUT2D eigenvalue weighted by Crippen LogP contribution is -2.48. The molecule has 0 aromatic rings. The molecule has 0 bridgehead atoms.